The maximum atomic E-state index is 11.4. The number of carbonyl (C=O) groups excluding carboxylic acids is 1. The van der Waals surface area contributed by atoms with Crippen molar-refractivity contribution in [3.8, 4) is 28.7 Å². The molecule has 12 nitrogen and oxygen atoms in total. The topological polar surface area (TPSA) is 155 Å². The predicted octanol–water partition coefficient (Wildman–Crippen LogP) is 3.23. The number of ether oxygens (including phenoxy) is 1. The Bertz CT molecular complexity index is 1520. The number of aliphatic hydroxyl groups is 1. The van der Waals surface area contributed by atoms with E-state index in [9.17, 15) is 15.2 Å². The number of nitrogens with zero attached hydrogens (tertiary/aromatic N) is 7. The molecule has 5 rings (SSSR count). The third-order valence-electron chi connectivity index (χ3n) is 6.81. The van der Waals surface area contributed by atoms with Crippen LogP contribution in [0, 0.1) is 17.2 Å². The summed E-state index contributed by atoms with van der Waals surface area (Å²) >= 11 is 0. The van der Waals surface area contributed by atoms with Crippen LogP contribution in [0.5, 0.6) is 0 Å². The minimum absolute atomic E-state index is 0.197. The Kier molecular flexibility index (Phi) is 7.17. The molecule has 1 fully saturated rings. The van der Waals surface area contributed by atoms with Crippen LogP contribution in [0.25, 0.3) is 28.2 Å². The highest BCUT2D eigenvalue weighted by atomic mass is 16.5. The lowest BCUT2D eigenvalue weighted by molar-refractivity contribution is 0.0649. The molecule has 0 aromatic carbocycles. The van der Waals surface area contributed by atoms with Crippen molar-refractivity contribution in [2.75, 3.05) is 19.0 Å². The molecule has 1 amide bonds. The summed E-state index contributed by atoms with van der Waals surface area (Å²) in [6.07, 6.45) is 7.00. The molecular weight excluding hydrogens is 498 g/mol. The van der Waals surface area contributed by atoms with Gasteiger partial charge in [-0.1, -0.05) is 5.21 Å². The highest BCUT2D eigenvalue weighted by molar-refractivity contribution is 5.79. The van der Waals surface area contributed by atoms with Crippen LogP contribution in [0.1, 0.15) is 38.7 Å². The average molecular weight is 530 g/mol. The summed E-state index contributed by atoms with van der Waals surface area (Å²) in [7, 11) is 1.54. The van der Waals surface area contributed by atoms with E-state index in [-0.39, 0.29) is 6.04 Å². The SMILES string of the molecule is CNC(=O)OCC1CC(Nc2cc(-c3ccc4cc(C#N)cnn34)ncc2-c2cn(CCC(C)(C)O)nn2)C1. The fourth-order valence-corrected chi connectivity index (χ4v) is 4.57. The highest BCUT2D eigenvalue weighted by Gasteiger charge is 2.31. The average Bonchev–Trinajstić information content (AvgIpc) is 3.54. The number of fused-ring (bicyclic) bond motifs is 1. The van der Waals surface area contributed by atoms with E-state index in [2.05, 4.69) is 32.1 Å². The van der Waals surface area contributed by atoms with E-state index in [1.54, 1.807) is 42.4 Å². The van der Waals surface area contributed by atoms with Crippen LogP contribution >= 0.6 is 0 Å². The molecule has 12 heteroatoms. The molecule has 39 heavy (non-hydrogen) atoms. The van der Waals surface area contributed by atoms with E-state index < -0.39 is 11.7 Å². The third kappa shape index (κ3) is 5.99. The van der Waals surface area contributed by atoms with Gasteiger partial charge in [-0.2, -0.15) is 10.4 Å². The smallest absolute Gasteiger partial charge is 0.406 e. The summed E-state index contributed by atoms with van der Waals surface area (Å²) in [6, 6.07) is 9.90. The molecular formula is C27H31N9O3. The molecule has 1 aliphatic rings. The molecule has 0 unspecified atom stereocenters. The van der Waals surface area contributed by atoms with Crippen molar-refractivity contribution in [3.63, 3.8) is 0 Å². The molecule has 0 saturated heterocycles. The maximum absolute atomic E-state index is 11.4. The maximum Gasteiger partial charge on any atom is 0.406 e. The van der Waals surface area contributed by atoms with Gasteiger partial charge in [0.05, 0.1) is 47.1 Å². The van der Waals surface area contributed by atoms with Gasteiger partial charge in [-0.05, 0) is 63.3 Å². The molecule has 4 aromatic rings. The van der Waals surface area contributed by atoms with Gasteiger partial charge in [0.25, 0.3) is 0 Å². The van der Waals surface area contributed by atoms with Gasteiger partial charge in [0.2, 0.25) is 0 Å². The van der Waals surface area contributed by atoms with Crippen LogP contribution < -0.4 is 10.6 Å². The largest absolute Gasteiger partial charge is 0.449 e. The summed E-state index contributed by atoms with van der Waals surface area (Å²) in [4.78, 5) is 16.1. The zero-order valence-electron chi connectivity index (χ0n) is 22.1. The molecule has 0 aliphatic heterocycles. The summed E-state index contributed by atoms with van der Waals surface area (Å²) < 4.78 is 8.68. The monoisotopic (exact) mass is 529 g/mol. The second kappa shape index (κ2) is 10.7. The van der Waals surface area contributed by atoms with Gasteiger partial charge in [-0.3, -0.25) is 9.67 Å². The molecule has 4 heterocycles. The van der Waals surface area contributed by atoms with Crippen LogP contribution in [0.4, 0.5) is 10.5 Å². The van der Waals surface area contributed by atoms with Crippen molar-refractivity contribution in [2.45, 2.75) is 51.3 Å². The van der Waals surface area contributed by atoms with E-state index >= 15 is 0 Å². The quantitative estimate of drug-likeness (QED) is 0.296. The van der Waals surface area contributed by atoms with Gasteiger partial charge >= 0.3 is 6.09 Å². The fraction of sp³-hybridized carbons (Fsp3) is 0.407. The minimum atomic E-state index is -0.799. The molecule has 0 atom stereocenters. The summed E-state index contributed by atoms with van der Waals surface area (Å²) in [5.41, 5.74) is 4.33. The number of hydrogen-bond donors (Lipinski definition) is 3. The summed E-state index contributed by atoms with van der Waals surface area (Å²) in [6.45, 7) is 4.45. The molecule has 1 saturated carbocycles. The second-order valence-electron chi connectivity index (χ2n) is 10.5. The molecule has 202 valence electrons. The van der Waals surface area contributed by atoms with E-state index in [1.807, 2.05) is 24.4 Å². The first-order valence-electron chi connectivity index (χ1n) is 12.8. The Hall–Kier alpha value is -4.50. The Balaban J connectivity index is 1.41. The number of hydrogen-bond acceptors (Lipinski definition) is 9. The lowest BCUT2D eigenvalue weighted by Gasteiger charge is -2.36. The lowest BCUT2D eigenvalue weighted by Crippen LogP contribution is -2.39. The number of nitrogens with one attached hydrogen (secondary N) is 2. The standard InChI is InChI=1S/C27H31N9O3/c1-27(2,38)6-7-35-15-24(33-34-35)21-14-30-23(25-5-4-20-10-18(12-28)13-31-36(20)25)11-22(21)32-19-8-17(9-19)16-39-26(37)29-3/h4-5,10-11,13-15,17,19,38H,6-9,16H2,1-3H3,(H,29,37)(H,30,32). The van der Waals surface area contributed by atoms with Crippen molar-refractivity contribution >= 4 is 17.3 Å². The van der Waals surface area contributed by atoms with Crippen LogP contribution in [0.15, 0.2) is 42.9 Å². The van der Waals surface area contributed by atoms with Gasteiger partial charge in [-0.25, -0.2) is 9.31 Å². The Labute approximate surface area is 225 Å². The van der Waals surface area contributed by atoms with E-state index in [1.165, 1.54) is 6.20 Å². The number of rotatable bonds is 9. The first kappa shape index (κ1) is 26.1. The summed E-state index contributed by atoms with van der Waals surface area (Å²) in [5.74, 6) is 0.292. The van der Waals surface area contributed by atoms with Crippen molar-refractivity contribution in [2.24, 2.45) is 5.92 Å². The molecule has 0 bridgehead atoms. The van der Waals surface area contributed by atoms with Crippen LogP contribution in [-0.2, 0) is 11.3 Å². The van der Waals surface area contributed by atoms with Gasteiger partial charge in [0.1, 0.15) is 11.8 Å². The predicted molar refractivity (Wildman–Crippen MR) is 144 cm³/mol. The molecule has 3 N–H and O–H groups in total. The van der Waals surface area contributed by atoms with E-state index in [4.69, 9.17) is 9.72 Å². The molecule has 1 aliphatic carbocycles. The van der Waals surface area contributed by atoms with Gasteiger partial charge in [0, 0.05) is 37.1 Å². The number of aromatic nitrogens is 6. The number of anilines is 1. The van der Waals surface area contributed by atoms with Crippen molar-refractivity contribution in [3.05, 3.63) is 48.4 Å². The zero-order chi connectivity index (χ0) is 27.6. The van der Waals surface area contributed by atoms with Crippen molar-refractivity contribution in [1.82, 2.24) is 34.9 Å². The Morgan fingerprint density at radius 2 is 2.08 bits per heavy atom. The number of aryl methyl sites for hydroxylation is 1. The van der Waals surface area contributed by atoms with Gasteiger partial charge in [0.15, 0.2) is 0 Å². The number of amides is 1. The highest BCUT2D eigenvalue weighted by Crippen LogP contribution is 2.36. The van der Waals surface area contributed by atoms with Crippen LogP contribution in [0.3, 0.4) is 0 Å². The Morgan fingerprint density at radius 1 is 1.26 bits per heavy atom. The van der Waals surface area contributed by atoms with Crippen molar-refractivity contribution in [1.29, 1.82) is 5.26 Å². The van der Waals surface area contributed by atoms with Gasteiger partial charge < -0.3 is 20.5 Å². The van der Waals surface area contributed by atoms with Crippen molar-refractivity contribution < 1.29 is 14.6 Å². The van der Waals surface area contributed by atoms with Crippen LogP contribution in [-0.4, -0.2) is 66.1 Å². The van der Waals surface area contributed by atoms with E-state index in [0.717, 1.165) is 35.3 Å². The molecule has 0 radical (unpaired) electrons. The fourth-order valence-electron chi connectivity index (χ4n) is 4.57. The minimum Gasteiger partial charge on any atom is -0.449 e. The Morgan fingerprint density at radius 3 is 2.82 bits per heavy atom. The first-order chi connectivity index (χ1) is 18.7. The normalized spacial score (nSPS) is 16.9. The number of nitriles is 1. The number of pyridine rings is 1. The zero-order valence-corrected chi connectivity index (χ0v) is 22.1. The first-order valence-corrected chi connectivity index (χ1v) is 12.8. The third-order valence-corrected chi connectivity index (χ3v) is 6.81. The number of alkyl carbamates (subject to hydrolysis) is 1. The molecule has 0 spiro atoms. The molecule has 4 aromatic heterocycles. The lowest BCUT2D eigenvalue weighted by atomic mass is 9.80. The number of carbonyl (C=O) groups is 1. The van der Waals surface area contributed by atoms with Gasteiger partial charge in [-0.15, -0.1) is 5.10 Å². The second-order valence-corrected chi connectivity index (χ2v) is 10.5. The van der Waals surface area contributed by atoms with E-state index in [0.29, 0.717) is 42.4 Å². The summed E-state index contributed by atoms with van der Waals surface area (Å²) in [5, 5.41) is 38.4. The van der Waals surface area contributed by atoms with Crippen LogP contribution in [0.2, 0.25) is 0 Å².